The van der Waals surface area contributed by atoms with Gasteiger partial charge in [-0.2, -0.15) is 39.5 Å². The molecule has 164 valence electrons. The molecule has 0 aliphatic carbocycles. The van der Waals surface area contributed by atoms with Crippen LogP contribution in [-0.4, -0.2) is 34.7 Å². The minimum Gasteiger partial charge on any atom is -0.423 e. The standard InChI is InChI=1S/C16H13F9O4/c1-7(14(17,18)19)11(26)29-10-5-8(12(2,3)27)4-9(6-10)13(28,15(20,21)22)16(23,24)25/h4-6,27-28H,1H2,2-3H3. The van der Waals surface area contributed by atoms with Gasteiger partial charge in [-0.15, -0.1) is 0 Å². The van der Waals surface area contributed by atoms with Crippen molar-refractivity contribution in [2.24, 2.45) is 0 Å². The molecule has 1 rings (SSSR count). The van der Waals surface area contributed by atoms with Gasteiger partial charge in [0.2, 0.25) is 0 Å². The average Bonchev–Trinajstić information content (AvgIpc) is 2.48. The van der Waals surface area contributed by atoms with E-state index < -0.39 is 58.1 Å². The predicted octanol–water partition coefficient (Wildman–Crippen LogP) is 4.25. The van der Waals surface area contributed by atoms with E-state index in [-0.39, 0.29) is 12.1 Å². The highest BCUT2D eigenvalue weighted by atomic mass is 19.4. The zero-order chi connectivity index (χ0) is 23.2. The first-order valence-electron chi connectivity index (χ1n) is 7.35. The van der Waals surface area contributed by atoms with Crippen molar-refractivity contribution in [2.45, 2.75) is 43.6 Å². The highest BCUT2D eigenvalue weighted by molar-refractivity contribution is 5.90. The first-order valence-corrected chi connectivity index (χ1v) is 7.35. The third kappa shape index (κ3) is 5.01. The summed E-state index contributed by atoms with van der Waals surface area (Å²) >= 11 is 0. The molecule has 1 aromatic rings. The van der Waals surface area contributed by atoms with Crippen LogP contribution in [0.1, 0.15) is 25.0 Å². The van der Waals surface area contributed by atoms with Gasteiger partial charge in [-0.25, -0.2) is 4.79 Å². The van der Waals surface area contributed by atoms with Gasteiger partial charge in [0.25, 0.3) is 5.60 Å². The molecule has 29 heavy (non-hydrogen) atoms. The number of benzene rings is 1. The van der Waals surface area contributed by atoms with Crippen molar-refractivity contribution in [3.05, 3.63) is 41.5 Å². The van der Waals surface area contributed by atoms with E-state index in [0.717, 1.165) is 13.8 Å². The van der Waals surface area contributed by atoms with E-state index in [1.807, 2.05) is 0 Å². The highest BCUT2D eigenvalue weighted by Gasteiger charge is 2.71. The van der Waals surface area contributed by atoms with Gasteiger partial charge >= 0.3 is 24.5 Å². The molecule has 13 heteroatoms. The molecule has 0 saturated carbocycles. The number of alkyl halides is 9. The molecular weight excluding hydrogens is 427 g/mol. The molecule has 0 atom stereocenters. The van der Waals surface area contributed by atoms with Gasteiger partial charge < -0.3 is 14.9 Å². The lowest BCUT2D eigenvalue weighted by atomic mass is 9.87. The highest BCUT2D eigenvalue weighted by Crippen LogP contribution is 2.51. The Balaban J connectivity index is 3.69. The van der Waals surface area contributed by atoms with Crippen LogP contribution in [0.15, 0.2) is 30.4 Å². The second-order valence-corrected chi connectivity index (χ2v) is 6.38. The molecule has 2 N–H and O–H groups in total. The monoisotopic (exact) mass is 440 g/mol. The molecule has 0 fully saturated rings. The van der Waals surface area contributed by atoms with E-state index in [0.29, 0.717) is 6.07 Å². The van der Waals surface area contributed by atoms with E-state index in [2.05, 4.69) is 11.3 Å². The van der Waals surface area contributed by atoms with Gasteiger partial charge in [-0.3, -0.25) is 0 Å². The van der Waals surface area contributed by atoms with E-state index in [4.69, 9.17) is 0 Å². The first-order chi connectivity index (χ1) is 12.6. The normalized spacial score (nSPS) is 14.0. The topological polar surface area (TPSA) is 66.8 Å². The van der Waals surface area contributed by atoms with Crippen LogP contribution in [0.5, 0.6) is 5.75 Å². The molecule has 0 radical (unpaired) electrons. The zero-order valence-corrected chi connectivity index (χ0v) is 14.6. The summed E-state index contributed by atoms with van der Waals surface area (Å²) in [5, 5.41) is 19.4. The third-order valence-corrected chi connectivity index (χ3v) is 3.65. The number of hydrogen-bond acceptors (Lipinski definition) is 4. The van der Waals surface area contributed by atoms with Crippen LogP contribution < -0.4 is 4.74 Å². The number of carbonyl (C=O) groups is 1. The lowest BCUT2D eigenvalue weighted by Gasteiger charge is -2.33. The number of esters is 1. The second kappa shape index (κ2) is 7.20. The fraction of sp³-hybridized carbons (Fsp3) is 0.438. The molecule has 0 heterocycles. The first kappa shape index (κ1) is 24.8. The summed E-state index contributed by atoms with van der Waals surface area (Å²) in [7, 11) is 0. The van der Waals surface area contributed by atoms with E-state index >= 15 is 0 Å². The van der Waals surface area contributed by atoms with Crippen LogP contribution in [0.2, 0.25) is 0 Å². The SMILES string of the molecule is C=C(C(=O)Oc1cc(C(C)(C)O)cc(C(O)(C(F)(F)F)C(F)(F)F)c1)C(F)(F)F. The Kier molecular flexibility index (Phi) is 6.15. The zero-order valence-electron chi connectivity index (χ0n) is 14.6. The lowest BCUT2D eigenvalue weighted by molar-refractivity contribution is -0.376. The minimum atomic E-state index is -6.32. The van der Waals surface area contributed by atoms with Gasteiger partial charge in [-0.1, -0.05) is 6.58 Å². The molecule has 0 saturated heterocycles. The number of carbonyl (C=O) groups excluding carboxylic acids is 1. The van der Waals surface area contributed by atoms with Crippen molar-refractivity contribution in [2.75, 3.05) is 0 Å². The smallest absolute Gasteiger partial charge is 0.423 e. The van der Waals surface area contributed by atoms with Crippen molar-refractivity contribution in [1.29, 1.82) is 0 Å². The molecule has 0 bridgehead atoms. The van der Waals surface area contributed by atoms with Crippen molar-refractivity contribution in [1.82, 2.24) is 0 Å². The quantitative estimate of drug-likeness (QED) is 0.318. The van der Waals surface area contributed by atoms with E-state index in [1.165, 1.54) is 0 Å². The largest absolute Gasteiger partial charge is 0.430 e. The van der Waals surface area contributed by atoms with Crippen molar-refractivity contribution >= 4 is 5.97 Å². The molecule has 0 amide bonds. The Hall–Kier alpha value is -2.28. The maximum absolute atomic E-state index is 13.1. The fourth-order valence-electron chi connectivity index (χ4n) is 1.99. The van der Waals surface area contributed by atoms with Crippen LogP contribution in [0, 0.1) is 0 Å². The Bertz CT molecular complexity index is 785. The molecule has 0 aromatic heterocycles. The van der Waals surface area contributed by atoms with Crippen LogP contribution >= 0.6 is 0 Å². The third-order valence-electron chi connectivity index (χ3n) is 3.65. The minimum absolute atomic E-state index is 0.113. The molecule has 0 aliphatic heterocycles. The maximum Gasteiger partial charge on any atom is 0.430 e. The Morgan fingerprint density at radius 2 is 1.28 bits per heavy atom. The van der Waals surface area contributed by atoms with Crippen LogP contribution in [0.3, 0.4) is 0 Å². The van der Waals surface area contributed by atoms with Crippen molar-refractivity contribution < 1.29 is 59.3 Å². The van der Waals surface area contributed by atoms with Crippen LogP contribution in [0.25, 0.3) is 0 Å². The molecular formula is C16H13F9O4. The lowest BCUT2D eigenvalue weighted by Crippen LogP contribution is -2.54. The Morgan fingerprint density at radius 3 is 1.62 bits per heavy atom. The van der Waals surface area contributed by atoms with Gasteiger partial charge in [0, 0.05) is 5.56 Å². The summed E-state index contributed by atoms with van der Waals surface area (Å²) in [4.78, 5) is 11.5. The van der Waals surface area contributed by atoms with Gasteiger partial charge in [0.1, 0.15) is 11.3 Å². The predicted molar refractivity (Wildman–Crippen MR) is 78.5 cm³/mol. The molecule has 4 nitrogen and oxygen atoms in total. The van der Waals surface area contributed by atoms with E-state index in [1.54, 1.807) is 0 Å². The summed E-state index contributed by atoms with van der Waals surface area (Å²) < 4.78 is 120. The van der Waals surface area contributed by atoms with Crippen LogP contribution in [0.4, 0.5) is 39.5 Å². The number of aliphatic hydroxyl groups is 2. The summed E-state index contributed by atoms with van der Waals surface area (Å²) in [5.74, 6) is -3.43. The molecule has 0 spiro atoms. The fourth-order valence-corrected chi connectivity index (χ4v) is 1.99. The van der Waals surface area contributed by atoms with E-state index in [9.17, 15) is 54.5 Å². The summed E-state index contributed by atoms with van der Waals surface area (Å²) in [6.45, 7) is 4.23. The van der Waals surface area contributed by atoms with Crippen LogP contribution in [-0.2, 0) is 16.0 Å². The molecule has 0 unspecified atom stereocenters. The maximum atomic E-state index is 13.1. The Morgan fingerprint density at radius 1 is 0.862 bits per heavy atom. The van der Waals surface area contributed by atoms with Gasteiger partial charge in [0.05, 0.1) is 5.60 Å². The second-order valence-electron chi connectivity index (χ2n) is 6.38. The number of rotatable bonds is 4. The van der Waals surface area contributed by atoms with Crippen molar-refractivity contribution in [3.63, 3.8) is 0 Å². The molecule has 1 aromatic carbocycles. The average molecular weight is 440 g/mol. The number of ether oxygens (including phenoxy) is 1. The number of hydrogen-bond donors (Lipinski definition) is 2. The summed E-state index contributed by atoms with van der Waals surface area (Å²) in [6.07, 6.45) is -17.9. The van der Waals surface area contributed by atoms with Gasteiger partial charge in [0.15, 0.2) is 0 Å². The van der Waals surface area contributed by atoms with Crippen molar-refractivity contribution in [3.8, 4) is 5.75 Å². The number of halogens is 9. The molecule has 0 aliphatic rings. The van der Waals surface area contributed by atoms with Gasteiger partial charge in [-0.05, 0) is 37.6 Å². The summed E-state index contributed by atoms with van der Waals surface area (Å²) in [6, 6.07) is 0.562. The summed E-state index contributed by atoms with van der Waals surface area (Å²) in [5.41, 5.74) is -12.3. The Labute approximate surface area is 157 Å².